The van der Waals surface area contributed by atoms with Crippen molar-refractivity contribution < 1.29 is 0 Å². The maximum atomic E-state index is 4.25. The van der Waals surface area contributed by atoms with Crippen LogP contribution < -0.4 is 0 Å². The summed E-state index contributed by atoms with van der Waals surface area (Å²) >= 11 is 0. The van der Waals surface area contributed by atoms with Crippen LogP contribution in [0.15, 0.2) is 23.8 Å². The Kier molecular flexibility index (Phi) is 1.59. The van der Waals surface area contributed by atoms with E-state index in [1.165, 1.54) is 25.7 Å². The second-order valence-corrected chi connectivity index (χ2v) is 5.70. The number of hydrogen-bond acceptors (Lipinski definition) is 0. The predicted molar refractivity (Wildman–Crippen MR) is 59.9 cm³/mol. The molecule has 0 nitrogen and oxygen atoms in total. The molecule has 0 aromatic heterocycles. The summed E-state index contributed by atoms with van der Waals surface area (Å²) in [5.74, 6) is 2.57. The van der Waals surface area contributed by atoms with Crippen molar-refractivity contribution in [2.24, 2.45) is 23.2 Å². The molecule has 3 aliphatic carbocycles. The second kappa shape index (κ2) is 2.53. The van der Waals surface area contributed by atoms with Gasteiger partial charge in [-0.25, -0.2) is 0 Å². The van der Waals surface area contributed by atoms with E-state index >= 15 is 0 Å². The van der Waals surface area contributed by atoms with Gasteiger partial charge in [-0.3, -0.25) is 0 Å². The maximum absolute atomic E-state index is 4.25. The van der Waals surface area contributed by atoms with Gasteiger partial charge in [0.1, 0.15) is 0 Å². The Balaban J connectivity index is 2.04. The first-order valence-electron chi connectivity index (χ1n) is 6.04. The van der Waals surface area contributed by atoms with Crippen molar-refractivity contribution in [3.63, 3.8) is 0 Å². The number of hydrogen-bond donors (Lipinski definition) is 0. The fraction of sp³-hybridized carbons (Fsp3) is 0.714. The van der Waals surface area contributed by atoms with Crippen molar-refractivity contribution in [1.29, 1.82) is 0 Å². The lowest BCUT2D eigenvalue weighted by atomic mass is 9.60. The highest BCUT2D eigenvalue weighted by Crippen LogP contribution is 2.67. The Labute approximate surface area is 87.1 Å². The van der Waals surface area contributed by atoms with Gasteiger partial charge >= 0.3 is 0 Å². The minimum atomic E-state index is 0.498. The topological polar surface area (TPSA) is 0 Å². The third kappa shape index (κ3) is 0.852. The average Bonchev–Trinajstić information content (AvgIpc) is 2.81. The Morgan fingerprint density at radius 3 is 3.07 bits per heavy atom. The molecule has 4 atom stereocenters. The lowest BCUT2D eigenvalue weighted by Crippen LogP contribution is -2.35. The van der Waals surface area contributed by atoms with Crippen LogP contribution in [0.2, 0.25) is 0 Å². The van der Waals surface area contributed by atoms with Crippen molar-refractivity contribution in [2.45, 2.75) is 39.5 Å². The minimum absolute atomic E-state index is 0.498. The summed E-state index contributed by atoms with van der Waals surface area (Å²) in [7, 11) is 0. The van der Waals surface area contributed by atoms with E-state index in [1.54, 1.807) is 11.1 Å². The molecule has 0 aromatic carbocycles. The van der Waals surface area contributed by atoms with Crippen LogP contribution in [0.1, 0.15) is 39.5 Å². The Morgan fingerprint density at radius 2 is 2.29 bits per heavy atom. The van der Waals surface area contributed by atoms with Gasteiger partial charge in [0.25, 0.3) is 0 Å². The summed E-state index contributed by atoms with van der Waals surface area (Å²) in [6.07, 6.45) is 8.02. The molecule has 0 heteroatoms. The van der Waals surface area contributed by atoms with Gasteiger partial charge in [0, 0.05) is 0 Å². The largest absolute Gasteiger partial charge is 0.0992 e. The predicted octanol–water partition coefficient (Wildman–Crippen LogP) is 3.95. The van der Waals surface area contributed by atoms with Gasteiger partial charge in [0.2, 0.25) is 0 Å². The molecule has 0 bridgehead atoms. The van der Waals surface area contributed by atoms with E-state index in [4.69, 9.17) is 0 Å². The SMILES string of the molecule is C=C1C2CC=C3CCCC(C)C3(C)C12. The maximum Gasteiger partial charge on any atom is -0.00195 e. The molecule has 3 rings (SSSR count). The van der Waals surface area contributed by atoms with Crippen LogP contribution in [0.25, 0.3) is 0 Å². The van der Waals surface area contributed by atoms with E-state index in [0.717, 1.165) is 17.8 Å². The van der Waals surface area contributed by atoms with E-state index in [2.05, 4.69) is 26.5 Å². The highest BCUT2D eigenvalue weighted by molar-refractivity contribution is 5.41. The van der Waals surface area contributed by atoms with Gasteiger partial charge in [0.05, 0.1) is 0 Å². The number of rotatable bonds is 0. The quantitative estimate of drug-likeness (QED) is 0.505. The van der Waals surface area contributed by atoms with Gasteiger partial charge in [-0.2, -0.15) is 0 Å². The zero-order valence-electron chi connectivity index (χ0n) is 9.34. The summed E-state index contributed by atoms with van der Waals surface area (Å²) in [5.41, 5.74) is 3.81. The fourth-order valence-electron chi connectivity index (χ4n) is 4.05. The summed E-state index contributed by atoms with van der Waals surface area (Å²) in [4.78, 5) is 0. The molecule has 0 saturated heterocycles. The second-order valence-electron chi connectivity index (χ2n) is 5.70. The highest BCUT2D eigenvalue weighted by atomic mass is 14.6. The molecule has 3 aliphatic rings. The zero-order chi connectivity index (χ0) is 9.92. The Hall–Kier alpha value is -0.520. The van der Waals surface area contributed by atoms with E-state index in [0.29, 0.717) is 5.41 Å². The molecule has 0 aromatic rings. The number of fused-ring (bicyclic) bond motifs is 3. The molecular formula is C14H20. The normalized spacial score (nSPS) is 50.6. The molecule has 4 unspecified atom stereocenters. The van der Waals surface area contributed by atoms with Gasteiger partial charge < -0.3 is 0 Å². The molecule has 2 fully saturated rings. The Morgan fingerprint density at radius 1 is 1.50 bits per heavy atom. The minimum Gasteiger partial charge on any atom is -0.0992 e. The molecule has 0 heterocycles. The highest BCUT2D eigenvalue weighted by Gasteiger charge is 2.58. The van der Waals surface area contributed by atoms with Gasteiger partial charge in [0.15, 0.2) is 0 Å². The molecule has 0 aliphatic heterocycles. The van der Waals surface area contributed by atoms with Crippen LogP contribution in [-0.2, 0) is 0 Å². The molecule has 76 valence electrons. The molecule has 0 amide bonds. The van der Waals surface area contributed by atoms with Crippen LogP contribution in [0.5, 0.6) is 0 Å². The van der Waals surface area contributed by atoms with Crippen LogP contribution in [0.4, 0.5) is 0 Å². The van der Waals surface area contributed by atoms with Crippen molar-refractivity contribution in [2.75, 3.05) is 0 Å². The standard InChI is InChI=1S/C14H20/c1-9-5-4-6-11-7-8-12-10(2)13(12)14(9,11)3/h7,9,12-13H,2,4-6,8H2,1,3H3. The van der Waals surface area contributed by atoms with Gasteiger partial charge in [-0.15, -0.1) is 0 Å². The molecular weight excluding hydrogens is 168 g/mol. The van der Waals surface area contributed by atoms with Crippen molar-refractivity contribution in [3.05, 3.63) is 23.8 Å². The third-order valence-corrected chi connectivity index (χ3v) is 5.23. The molecule has 2 saturated carbocycles. The van der Waals surface area contributed by atoms with Gasteiger partial charge in [-0.05, 0) is 48.9 Å². The average molecular weight is 188 g/mol. The zero-order valence-corrected chi connectivity index (χ0v) is 9.34. The third-order valence-electron chi connectivity index (χ3n) is 5.23. The van der Waals surface area contributed by atoms with E-state index in [-0.39, 0.29) is 0 Å². The van der Waals surface area contributed by atoms with Crippen LogP contribution >= 0.6 is 0 Å². The van der Waals surface area contributed by atoms with Crippen LogP contribution in [0, 0.1) is 23.2 Å². The molecule has 14 heavy (non-hydrogen) atoms. The fourth-order valence-corrected chi connectivity index (χ4v) is 4.05. The monoisotopic (exact) mass is 188 g/mol. The summed E-state index contributed by atoms with van der Waals surface area (Å²) in [6.45, 7) is 9.19. The van der Waals surface area contributed by atoms with Crippen molar-refractivity contribution in [3.8, 4) is 0 Å². The number of allylic oxidation sites excluding steroid dienone is 3. The Bertz CT molecular complexity index is 323. The van der Waals surface area contributed by atoms with Crippen LogP contribution in [0.3, 0.4) is 0 Å². The summed E-state index contributed by atoms with van der Waals surface area (Å²) in [6, 6.07) is 0. The van der Waals surface area contributed by atoms with Crippen molar-refractivity contribution in [1.82, 2.24) is 0 Å². The lowest BCUT2D eigenvalue weighted by molar-refractivity contribution is 0.156. The molecule has 0 N–H and O–H groups in total. The lowest BCUT2D eigenvalue weighted by Gasteiger charge is -2.44. The first-order valence-corrected chi connectivity index (χ1v) is 6.04. The van der Waals surface area contributed by atoms with Crippen LogP contribution in [-0.4, -0.2) is 0 Å². The molecule has 0 spiro atoms. The van der Waals surface area contributed by atoms with E-state index in [9.17, 15) is 0 Å². The first kappa shape index (κ1) is 8.76. The van der Waals surface area contributed by atoms with E-state index < -0.39 is 0 Å². The molecule has 0 radical (unpaired) electrons. The first-order chi connectivity index (χ1) is 6.65. The summed E-state index contributed by atoms with van der Waals surface area (Å²) in [5, 5.41) is 0. The van der Waals surface area contributed by atoms with Gasteiger partial charge in [-0.1, -0.05) is 37.6 Å². The smallest absolute Gasteiger partial charge is 0.00195 e. The summed E-state index contributed by atoms with van der Waals surface area (Å²) < 4.78 is 0. The van der Waals surface area contributed by atoms with Crippen molar-refractivity contribution >= 4 is 0 Å². The van der Waals surface area contributed by atoms with E-state index in [1.807, 2.05) is 0 Å².